The van der Waals surface area contributed by atoms with Crippen LogP contribution in [0.25, 0.3) is 6.08 Å². The molecule has 23 heavy (non-hydrogen) atoms. The smallest absolute Gasteiger partial charge is 0.244 e. The van der Waals surface area contributed by atoms with Crippen molar-refractivity contribution in [3.63, 3.8) is 0 Å². The summed E-state index contributed by atoms with van der Waals surface area (Å²) in [5.41, 5.74) is 5.42. The summed E-state index contributed by atoms with van der Waals surface area (Å²) in [6.45, 7) is 1.84. The molecule has 2 rings (SSSR count). The third-order valence-electron chi connectivity index (χ3n) is 3.10. The predicted molar refractivity (Wildman–Crippen MR) is 96.0 cm³/mol. The van der Waals surface area contributed by atoms with Gasteiger partial charge in [-0.2, -0.15) is 5.10 Å². The fourth-order valence-electron chi connectivity index (χ4n) is 1.93. The van der Waals surface area contributed by atoms with Crippen molar-refractivity contribution in [1.82, 2.24) is 5.43 Å². The highest BCUT2D eigenvalue weighted by Crippen LogP contribution is 2.01. The van der Waals surface area contributed by atoms with Gasteiger partial charge in [0.2, 0.25) is 5.91 Å². The van der Waals surface area contributed by atoms with Crippen LogP contribution in [0.1, 0.15) is 18.1 Å². The van der Waals surface area contributed by atoms with Crippen LogP contribution in [0.2, 0.25) is 0 Å². The van der Waals surface area contributed by atoms with E-state index in [9.17, 15) is 4.79 Å². The summed E-state index contributed by atoms with van der Waals surface area (Å²) < 4.78 is 0. The zero-order chi connectivity index (χ0) is 16.3. The first-order valence-corrected chi connectivity index (χ1v) is 7.51. The SMILES string of the molecule is CC(/C=C/C=C/c1ccccc1)=NNC(=O)Cc1ccccc1. The maximum Gasteiger partial charge on any atom is 0.244 e. The summed E-state index contributed by atoms with van der Waals surface area (Å²) >= 11 is 0. The van der Waals surface area contributed by atoms with Gasteiger partial charge in [-0.3, -0.25) is 4.79 Å². The molecular formula is C20H20N2O. The van der Waals surface area contributed by atoms with Crippen LogP contribution in [-0.2, 0) is 11.2 Å². The zero-order valence-electron chi connectivity index (χ0n) is 13.1. The summed E-state index contributed by atoms with van der Waals surface area (Å²) in [5.74, 6) is -0.122. The van der Waals surface area contributed by atoms with E-state index in [0.717, 1.165) is 16.8 Å². The lowest BCUT2D eigenvalue weighted by atomic mass is 10.1. The molecule has 0 unspecified atom stereocenters. The van der Waals surface area contributed by atoms with E-state index in [1.165, 1.54) is 0 Å². The second-order valence-corrected chi connectivity index (χ2v) is 5.08. The van der Waals surface area contributed by atoms with Crippen molar-refractivity contribution in [1.29, 1.82) is 0 Å². The number of carbonyl (C=O) groups is 1. The Morgan fingerprint density at radius 2 is 1.65 bits per heavy atom. The van der Waals surface area contributed by atoms with E-state index in [1.807, 2.05) is 91.9 Å². The molecule has 0 aliphatic rings. The summed E-state index contributed by atoms with van der Waals surface area (Å²) in [7, 11) is 0. The van der Waals surface area contributed by atoms with Crippen molar-refractivity contribution >= 4 is 17.7 Å². The van der Waals surface area contributed by atoms with Crippen molar-refractivity contribution in [2.45, 2.75) is 13.3 Å². The second kappa shape index (κ2) is 9.15. The maximum atomic E-state index is 11.8. The van der Waals surface area contributed by atoms with Crippen molar-refractivity contribution in [3.8, 4) is 0 Å². The van der Waals surface area contributed by atoms with Gasteiger partial charge in [0.05, 0.1) is 12.1 Å². The summed E-state index contributed by atoms with van der Waals surface area (Å²) in [5, 5.41) is 4.06. The minimum Gasteiger partial charge on any atom is -0.273 e. The number of allylic oxidation sites excluding steroid dienone is 3. The molecule has 0 heterocycles. The van der Waals surface area contributed by atoms with Crippen LogP contribution in [0.5, 0.6) is 0 Å². The first-order chi connectivity index (χ1) is 11.2. The Balaban J connectivity index is 1.79. The highest BCUT2D eigenvalue weighted by atomic mass is 16.2. The molecule has 0 spiro atoms. The normalized spacial score (nSPS) is 12.0. The molecule has 0 aliphatic carbocycles. The van der Waals surface area contributed by atoms with Gasteiger partial charge in [0.15, 0.2) is 0 Å². The Morgan fingerprint density at radius 3 is 2.35 bits per heavy atom. The first-order valence-electron chi connectivity index (χ1n) is 7.51. The molecule has 2 aromatic rings. The number of nitrogens with one attached hydrogen (secondary N) is 1. The summed E-state index contributed by atoms with van der Waals surface area (Å²) in [6.07, 6.45) is 8.03. The minimum atomic E-state index is -0.122. The van der Waals surface area contributed by atoms with Crippen molar-refractivity contribution in [3.05, 3.63) is 90.0 Å². The van der Waals surface area contributed by atoms with E-state index in [4.69, 9.17) is 0 Å². The molecule has 0 saturated carbocycles. The van der Waals surface area contributed by atoms with Gasteiger partial charge < -0.3 is 0 Å². The van der Waals surface area contributed by atoms with Crippen LogP contribution < -0.4 is 5.43 Å². The Morgan fingerprint density at radius 1 is 1.00 bits per heavy atom. The number of rotatable bonds is 6. The standard InChI is InChI=1S/C20H20N2O/c1-17(10-8-9-13-18-11-4-2-5-12-18)21-22-20(23)16-19-14-6-3-7-15-19/h2-15H,16H2,1H3,(H,22,23)/b10-8+,13-9+,21-17?. The summed E-state index contributed by atoms with van der Waals surface area (Å²) in [4.78, 5) is 11.8. The van der Waals surface area contributed by atoms with E-state index in [1.54, 1.807) is 0 Å². The molecule has 0 aromatic heterocycles. The van der Waals surface area contributed by atoms with Gasteiger partial charge in [-0.1, -0.05) is 78.9 Å². The molecule has 1 amide bonds. The Labute approximate surface area is 137 Å². The molecule has 0 saturated heterocycles. The number of hydrazone groups is 1. The number of hydrogen-bond acceptors (Lipinski definition) is 2. The average Bonchev–Trinajstić information content (AvgIpc) is 2.59. The van der Waals surface area contributed by atoms with E-state index >= 15 is 0 Å². The Kier molecular flexibility index (Phi) is 6.54. The topological polar surface area (TPSA) is 41.5 Å². The van der Waals surface area contributed by atoms with Gasteiger partial charge in [0.25, 0.3) is 0 Å². The van der Waals surface area contributed by atoms with Crippen LogP contribution in [0.15, 0.2) is 84.0 Å². The number of hydrogen-bond donors (Lipinski definition) is 1. The molecule has 116 valence electrons. The van der Waals surface area contributed by atoms with Gasteiger partial charge in [-0.25, -0.2) is 5.43 Å². The molecular weight excluding hydrogens is 284 g/mol. The third-order valence-corrected chi connectivity index (χ3v) is 3.10. The monoisotopic (exact) mass is 304 g/mol. The Bertz CT molecular complexity index is 701. The molecule has 0 radical (unpaired) electrons. The lowest BCUT2D eigenvalue weighted by Crippen LogP contribution is -2.20. The van der Waals surface area contributed by atoms with Gasteiger partial charge >= 0.3 is 0 Å². The summed E-state index contributed by atoms with van der Waals surface area (Å²) in [6, 6.07) is 19.7. The minimum absolute atomic E-state index is 0.122. The lowest BCUT2D eigenvalue weighted by molar-refractivity contribution is -0.120. The van der Waals surface area contributed by atoms with Crippen LogP contribution >= 0.6 is 0 Å². The molecule has 0 aliphatic heterocycles. The van der Waals surface area contributed by atoms with Gasteiger partial charge in [0, 0.05) is 0 Å². The third kappa shape index (κ3) is 6.57. The average molecular weight is 304 g/mol. The fraction of sp³-hybridized carbons (Fsp3) is 0.100. The van der Waals surface area contributed by atoms with E-state index in [-0.39, 0.29) is 5.91 Å². The van der Waals surface area contributed by atoms with Crippen LogP contribution in [0.3, 0.4) is 0 Å². The number of nitrogens with zero attached hydrogens (tertiary/aromatic N) is 1. The number of benzene rings is 2. The van der Waals surface area contributed by atoms with Gasteiger partial charge in [-0.15, -0.1) is 0 Å². The Hall–Kier alpha value is -2.94. The second-order valence-electron chi connectivity index (χ2n) is 5.08. The van der Waals surface area contributed by atoms with Crippen LogP contribution in [-0.4, -0.2) is 11.6 Å². The molecule has 3 heteroatoms. The molecule has 2 aromatic carbocycles. The predicted octanol–water partition coefficient (Wildman–Crippen LogP) is 3.99. The first kappa shape index (κ1) is 16.4. The molecule has 0 bridgehead atoms. The molecule has 0 fully saturated rings. The van der Waals surface area contributed by atoms with E-state index < -0.39 is 0 Å². The van der Waals surface area contributed by atoms with Crippen LogP contribution in [0, 0.1) is 0 Å². The van der Waals surface area contributed by atoms with Gasteiger partial charge in [-0.05, 0) is 24.1 Å². The molecule has 1 N–H and O–H groups in total. The quantitative estimate of drug-likeness (QED) is 0.489. The number of amides is 1. The maximum absolute atomic E-state index is 11.8. The zero-order valence-corrected chi connectivity index (χ0v) is 13.1. The van der Waals surface area contributed by atoms with E-state index in [0.29, 0.717) is 6.42 Å². The molecule has 3 nitrogen and oxygen atoms in total. The fourth-order valence-corrected chi connectivity index (χ4v) is 1.93. The van der Waals surface area contributed by atoms with E-state index in [2.05, 4.69) is 10.5 Å². The van der Waals surface area contributed by atoms with Crippen molar-refractivity contribution < 1.29 is 4.79 Å². The highest BCUT2D eigenvalue weighted by Gasteiger charge is 2.00. The number of carbonyl (C=O) groups excluding carboxylic acids is 1. The molecule has 0 atom stereocenters. The van der Waals surface area contributed by atoms with Gasteiger partial charge in [0.1, 0.15) is 0 Å². The largest absolute Gasteiger partial charge is 0.273 e. The highest BCUT2D eigenvalue weighted by molar-refractivity contribution is 5.94. The lowest BCUT2D eigenvalue weighted by Gasteiger charge is -2.00. The van der Waals surface area contributed by atoms with Crippen molar-refractivity contribution in [2.24, 2.45) is 5.10 Å². The van der Waals surface area contributed by atoms with Crippen molar-refractivity contribution in [2.75, 3.05) is 0 Å². The van der Waals surface area contributed by atoms with Crippen LogP contribution in [0.4, 0.5) is 0 Å².